The lowest BCUT2D eigenvalue weighted by molar-refractivity contribution is -0.123. The number of aryl methyl sites for hydroxylation is 1. The number of ether oxygens (including phenoxy) is 2. The van der Waals surface area contributed by atoms with E-state index < -0.39 is 41.7 Å². The molecule has 4 aromatic rings. The minimum absolute atomic E-state index is 0.0182. The van der Waals surface area contributed by atoms with Crippen LogP contribution in [0.4, 0.5) is 13.2 Å². The lowest BCUT2D eigenvalue weighted by Crippen LogP contribution is -2.41. The van der Waals surface area contributed by atoms with Crippen molar-refractivity contribution in [3.05, 3.63) is 82.9 Å². The third-order valence-corrected chi connectivity index (χ3v) is 7.39. The number of aromatic nitrogens is 2. The summed E-state index contributed by atoms with van der Waals surface area (Å²) in [5, 5.41) is 14.7. The monoisotopic (exact) mass is 594 g/mol. The number of hydrogen-bond donors (Lipinski definition) is 3. The fraction of sp³-hybridized carbons (Fsp3) is 0.290. The summed E-state index contributed by atoms with van der Waals surface area (Å²) >= 11 is 0. The molecule has 9 nitrogen and oxygen atoms in total. The first-order valence-corrected chi connectivity index (χ1v) is 13.3. The van der Waals surface area contributed by atoms with E-state index in [0.717, 1.165) is 5.56 Å². The average molecular weight is 595 g/mol. The summed E-state index contributed by atoms with van der Waals surface area (Å²) in [7, 11) is 0. The van der Waals surface area contributed by atoms with E-state index in [9.17, 15) is 27.9 Å². The molecule has 0 bridgehead atoms. The summed E-state index contributed by atoms with van der Waals surface area (Å²) in [6, 6.07) is 11.6. The smallest absolute Gasteiger partial charge is 0.272 e. The van der Waals surface area contributed by atoms with E-state index in [4.69, 9.17) is 15.2 Å². The molecule has 2 amide bonds. The number of aliphatic hydroxyl groups is 1. The third-order valence-electron chi connectivity index (χ3n) is 7.39. The van der Waals surface area contributed by atoms with E-state index in [1.165, 1.54) is 43.3 Å². The van der Waals surface area contributed by atoms with Crippen LogP contribution in [0, 0.1) is 12.7 Å². The largest absolute Gasteiger partial charge is 0.489 e. The van der Waals surface area contributed by atoms with E-state index in [2.05, 4.69) is 15.3 Å². The van der Waals surface area contributed by atoms with Crippen molar-refractivity contribution in [1.29, 1.82) is 0 Å². The number of nitrogens with two attached hydrogens (primary N) is 1. The molecule has 0 saturated carbocycles. The number of benzene rings is 2. The maximum Gasteiger partial charge on any atom is 0.272 e. The van der Waals surface area contributed by atoms with Crippen molar-refractivity contribution < 1.29 is 37.3 Å². The zero-order valence-corrected chi connectivity index (χ0v) is 23.6. The molecule has 5 rings (SSSR count). The zero-order chi connectivity index (χ0) is 31.1. The summed E-state index contributed by atoms with van der Waals surface area (Å²) in [5.41, 5.74) is 5.17. The molecule has 1 aliphatic heterocycles. The second-order valence-electron chi connectivity index (χ2n) is 10.9. The number of pyridine rings is 2. The number of hydrogen-bond acceptors (Lipinski definition) is 7. The first-order chi connectivity index (χ1) is 20.3. The molecule has 0 spiro atoms. The number of fused-ring (bicyclic) bond motifs is 2. The molecule has 2 aromatic heterocycles. The highest BCUT2D eigenvalue weighted by Crippen LogP contribution is 2.45. The van der Waals surface area contributed by atoms with Gasteiger partial charge in [0.05, 0.1) is 12.2 Å². The number of rotatable bonds is 9. The number of halogens is 3. The molecule has 0 unspecified atom stereocenters. The van der Waals surface area contributed by atoms with E-state index in [1.54, 1.807) is 32.2 Å². The molecular formula is C31H29F3N4O5. The van der Waals surface area contributed by atoms with Crippen LogP contribution < -0.4 is 20.5 Å². The van der Waals surface area contributed by atoms with Gasteiger partial charge in [-0.15, -0.1) is 0 Å². The topological polar surface area (TPSA) is 137 Å². The van der Waals surface area contributed by atoms with Gasteiger partial charge in [-0.05, 0) is 74.9 Å². The van der Waals surface area contributed by atoms with Gasteiger partial charge in [-0.3, -0.25) is 14.6 Å². The highest BCUT2D eigenvalue weighted by atomic mass is 19.3. The van der Waals surface area contributed by atoms with E-state index in [1.807, 2.05) is 0 Å². The lowest BCUT2D eigenvalue weighted by Gasteiger charge is -2.26. The van der Waals surface area contributed by atoms with Crippen molar-refractivity contribution in [2.45, 2.75) is 38.2 Å². The molecule has 3 heterocycles. The second-order valence-corrected chi connectivity index (χ2v) is 10.9. The maximum absolute atomic E-state index is 13.7. The number of carbonyl (C=O) groups is 2. The maximum atomic E-state index is 13.7. The van der Waals surface area contributed by atoms with Crippen molar-refractivity contribution in [2.24, 2.45) is 5.73 Å². The molecule has 0 aliphatic carbocycles. The van der Waals surface area contributed by atoms with Crippen LogP contribution in [0.3, 0.4) is 0 Å². The number of nitrogens with zero attached hydrogens (tertiary/aromatic N) is 2. The van der Waals surface area contributed by atoms with Crippen molar-refractivity contribution in [3.8, 4) is 22.8 Å². The SMILES string of the molecule is Cc1cnc2c(OCC(F)F)cc(C(=O)NC[C@](C)(O)c3cc4c(c(-c5ccc(F)cc5)n3)OC[C@]4(C)C(N)=O)cc2c1. The molecular weight excluding hydrogens is 565 g/mol. The van der Waals surface area contributed by atoms with Gasteiger partial charge in [0.1, 0.15) is 52.8 Å². The standard InChI is InChI=1S/C31H29F3N4O5/c1-16-8-18-9-19(10-22(25(18)36-12-16)42-13-24(33)34)28(39)37-14-31(3,41)23-11-21-27(43-15-30(21,2)29(35)40)26(38-23)17-4-6-20(32)7-5-17/h4-12,24,41H,13-15H2,1-3H3,(H2,35,40)(H,37,39)/t30-,31-/m0/s1. The summed E-state index contributed by atoms with van der Waals surface area (Å²) < 4.78 is 50.5. The minimum Gasteiger partial charge on any atom is -0.489 e. The number of nitrogens with one attached hydrogen (secondary N) is 1. The molecule has 12 heteroatoms. The number of primary amides is 1. The summed E-state index contributed by atoms with van der Waals surface area (Å²) in [5.74, 6) is -1.42. The van der Waals surface area contributed by atoms with Crippen LogP contribution in [0.15, 0.2) is 54.7 Å². The quantitative estimate of drug-likeness (QED) is 0.265. The highest BCUT2D eigenvalue weighted by Gasteiger charge is 2.45. The molecule has 2 atom stereocenters. The van der Waals surface area contributed by atoms with Gasteiger partial charge in [-0.25, -0.2) is 18.2 Å². The van der Waals surface area contributed by atoms with Crippen LogP contribution in [-0.2, 0) is 15.8 Å². The molecule has 43 heavy (non-hydrogen) atoms. The van der Waals surface area contributed by atoms with Gasteiger partial charge in [0.25, 0.3) is 12.3 Å². The van der Waals surface area contributed by atoms with Crippen molar-refractivity contribution in [2.75, 3.05) is 19.8 Å². The number of alkyl halides is 2. The van der Waals surface area contributed by atoms with E-state index in [-0.39, 0.29) is 41.6 Å². The van der Waals surface area contributed by atoms with Gasteiger partial charge < -0.3 is 25.6 Å². The van der Waals surface area contributed by atoms with Crippen LogP contribution in [0.2, 0.25) is 0 Å². The lowest BCUT2D eigenvalue weighted by atomic mass is 9.82. The van der Waals surface area contributed by atoms with Crippen LogP contribution in [0.1, 0.15) is 41.0 Å². The number of carbonyl (C=O) groups excluding carboxylic acids is 2. The summed E-state index contributed by atoms with van der Waals surface area (Å²) in [6.07, 6.45) is -1.17. The molecule has 1 aliphatic rings. The Morgan fingerprint density at radius 3 is 2.60 bits per heavy atom. The summed E-state index contributed by atoms with van der Waals surface area (Å²) in [6.45, 7) is 3.58. The van der Waals surface area contributed by atoms with Gasteiger partial charge in [-0.2, -0.15) is 0 Å². The Kier molecular flexibility index (Phi) is 7.74. The Labute approximate surface area is 244 Å². The third kappa shape index (κ3) is 5.82. The van der Waals surface area contributed by atoms with Gasteiger partial charge in [0.2, 0.25) is 5.91 Å². The van der Waals surface area contributed by atoms with Gasteiger partial charge in [0, 0.05) is 28.3 Å². The first-order valence-electron chi connectivity index (χ1n) is 13.3. The normalized spacial score (nSPS) is 17.3. The van der Waals surface area contributed by atoms with Crippen molar-refractivity contribution in [3.63, 3.8) is 0 Å². The predicted molar refractivity (Wildman–Crippen MR) is 152 cm³/mol. The number of amides is 2. The van der Waals surface area contributed by atoms with Gasteiger partial charge >= 0.3 is 0 Å². The molecule has 224 valence electrons. The van der Waals surface area contributed by atoms with Gasteiger partial charge in [0.15, 0.2) is 0 Å². The molecule has 0 radical (unpaired) electrons. The molecule has 0 saturated heterocycles. The Morgan fingerprint density at radius 1 is 1.21 bits per heavy atom. The minimum atomic E-state index is -2.73. The molecule has 4 N–H and O–H groups in total. The predicted octanol–water partition coefficient (Wildman–Crippen LogP) is 4.16. The Bertz CT molecular complexity index is 1730. The average Bonchev–Trinajstić information content (AvgIpc) is 3.32. The summed E-state index contributed by atoms with van der Waals surface area (Å²) in [4.78, 5) is 34.5. The van der Waals surface area contributed by atoms with E-state index in [0.29, 0.717) is 22.0 Å². The second kappa shape index (κ2) is 11.2. The molecule has 2 aromatic carbocycles. The van der Waals surface area contributed by atoms with Crippen LogP contribution >= 0.6 is 0 Å². The van der Waals surface area contributed by atoms with E-state index >= 15 is 0 Å². The Hall–Kier alpha value is -4.71. The van der Waals surface area contributed by atoms with Gasteiger partial charge in [-0.1, -0.05) is 0 Å². The zero-order valence-electron chi connectivity index (χ0n) is 23.6. The van der Waals surface area contributed by atoms with Crippen molar-refractivity contribution >= 4 is 22.7 Å². The highest BCUT2D eigenvalue weighted by molar-refractivity contribution is 6.00. The van der Waals surface area contributed by atoms with Crippen LogP contribution in [-0.4, -0.2) is 53.1 Å². The fourth-order valence-corrected chi connectivity index (χ4v) is 4.83. The first kappa shape index (κ1) is 29.8. The fourth-order valence-electron chi connectivity index (χ4n) is 4.83. The molecule has 0 fully saturated rings. The Morgan fingerprint density at radius 2 is 1.93 bits per heavy atom. The van der Waals surface area contributed by atoms with Crippen LogP contribution in [0.25, 0.3) is 22.2 Å². The van der Waals surface area contributed by atoms with Crippen LogP contribution in [0.5, 0.6) is 11.5 Å². The van der Waals surface area contributed by atoms with Crippen molar-refractivity contribution in [1.82, 2.24) is 15.3 Å². The Balaban J connectivity index is 1.48.